The number of rotatable bonds is 4. The van der Waals surface area contributed by atoms with Gasteiger partial charge in [0.2, 0.25) is 0 Å². The molecule has 0 aliphatic carbocycles. The van der Waals surface area contributed by atoms with E-state index in [0.717, 1.165) is 5.56 Å². The van der Waals surface area contributed by atoms with Gasteiger partial charge in [0.15, 0.2) is 5.15 Å². The molecule has 0 unspecified atom stereocenters. The highest BCUT2D eigenvalue weighted by Gasteiger charge is 2.19. The fourth-order valence-corrected chi connectivity index (χ4v) is 2.98. The molecule has 8 nitrogen and oxygen atoms in total. The van der Waals surface area contributed by atoms with Gasteiger partial charge in [-0.1, -0.05) is 61.5 Å². The van der Waals surface area contributed by atoms with Crippen LogP contribution in [0.5, 0.6) is 5.88 Å². The third-order valence-electron chi connectivity index (χ3n) is 4.48. The molecule has 30 heavy (non-hydrogen) atoms. The zero-order valence-corrected chi connectivity index (χ0v) is 17.4. The molecular weight excluding hydrogens is 404 g/mol. The SMILES string of the molecule is CC(C)(C)c1ccc(NC(=O)c2cc(Cl)nnc2On2nnc3ccccc32)cc1. The Bertz CT molecular complexity index is 1210. The third-order valence-corrected chi connectivity index (χ3v) is 4.66. The summed E-state index contributed by atoms with van der Waals surface area (Å²) >= 11 is 5.97. The van der Waals surface area contributed by atoms with Gasteiger partial charge in [0, 0.05) is 5.69 Å². The highest BCUT2D eigenvalue weighted by molar-refractivity contribution is 6.29. The van der Waals surface area contributed by atoms with E-state index in [9.17, 15) is 4.79 Å². The first kappa shape index (κ1) is 19.8. The van der Waals surface area contributed by atoms with E-state index in [1.807, 2.05) is 36.4 Å². The van der Waals surface area contributed by atoms with E-state index in [0.29, 0.717) is 16.7 Å². The van der Waals surface area contributed by atoms with Crippen LogP contribution in [0, 0.1) is 0 Å². The molecule has 2 aromatic carbocycles. The minimum Gasteiger partial charge on any atom is -0.333 e. The summed E-state index contributed by atoms with van der Waals surface area (Å²) in [5.74, 6) is -0.478. The van der Waals surface area contributed by atoms with Gasteiger partial charge in [0.25, 0.3) is 11.8 Å². The number of nitrogens with one attached hydrogen (secondary N) is 1. The number of nitrogens with zero attached hydrogens (tertiary/aromatic N) is 5. The lowest BCUT2D eigenvalue weighted by molar-refractivity contribution is 0.101. The molecule has 1 amide bonds. The summed E-state index contributed by atoms with van der Waals surface area (Å²) in [5, 5.41) is 18.5. The maximum absolute atomic E-state index is 12.9. The van der Waals surface area contributed by atoms with Crippen molar-refractivity contribution in [1.82, 2.24) is 25.4 Å². The molecule has 152 valence electrons. The largest absolute Gasteiger partial charge is 0.333 e. The predicted molar refractivity (Wildman–Crippen MR) is 114 cm³/mol. The molecule has 2 aromatic heterocycles. The smallest absolute Gasteiger partial charge is 0.280 e. The lowest BCUT2D eigenvalue weighted by Gasteiger charge is -2.19. The lowest BCUT2D eigenvalue weighted by atomic mass is 9.87. The number of anilines is 1. The van der Waals surface area contributed by atoms with Crippen molar-refractivity contribution in [1.29, 1.82) is 0 Å². The van der Waals surface area contributed by atoms with Crippen molar-refractivity contribution in [2.24, 2.45) is 0 Å². The fraction of sp³-hybridized carbons (Fsp3) is 0.190. The van der Waals surface area contributed by atoms with E-state index in [4.69, 9.17) is 16.4 Å². The van der Waals surface area contributed by atoms with Crippen molar-refractivity contribution < 1.29 is 9.63 Å². The molecule has 0 fully saturated rings. The summed E-state index contributed by atoms with van der Waals surface area (Å²) in [5.41, 5.74) is 3.21. The van der Waals surface area contributed by atoms with Gasteiger partial charge in [-0.3, -0.25) is 4.79 Å². The van der Waals surface area contributed by atoms with Crippen LogP contribution in [0.2, 0.25) is 5.15 Å². The predicted octanol–water partition coefficient (Wildman–Crippen LogP) is 4.27. The Morgan fingerprint density at radius 1 is 1.03 bits per heavy atom. The second kappa shape index (κ2) is 7.72. The maximum Gasteiger partial charge on any atom is 0.280 e. The molecule has 1 N–H and O–H groups in total. The quantitative estimate of drug-likeness (QED) is 0.527. The van der Waals surface area contributed by atoms with Crippen molar-refractivity contribution >= 4 is 34.2 Å². The van der Waals surface area contributed by atoms with E-state index >= 15 is 0 Å². The molecule has 0 aliphatic heterocycles. The summed E-state index contributed by atoms with van der Waals surface area (Å²) in [4.78, 5) is 19.8. The monoisotopic (exact) mass is 422 g/mol. The first-order valence-electron chi connectivity index (χ1n) is 9.25. The van der Waals surface area contributed by atoms with Crippen LogP contribution in [0.1, 0.15) is 36.7 Å². The van der Waals surface area contributed by atoms with Crippen LogP contribution in [0.15, 0.2) is 54.6 Å². The van der Waals surface area contributed by atoms with Crippen molar-refractivity contribution in [3.8, 4) is 5.88 Å². The molecule has 9 heteroatoms. The summed E-state index contributed by atoms with van der Waals surface area (Å²) in [6.45, 7) is 6.38. The minimum atomic E-state index is -0.435. The number of amides is 1. The lowest BCUT2D eigenvalue weighted by Crippen LogP contribution is -2.18. The third kappa shape index (κ3) is 4.08. The van der Waals surface area contributed by atoms with Crippen LogP contribution < -0.4 is 10.2 Å². The Labute approximate surface area is 177 Å². The molecular formula is C21H19ClN6O2. The second-order valence-corrected chi connectivity index (χ2v) is 8.10. The van der Waals surface area contributed by atoms with Crippen molar-refractivity contribution in [3.05, 3.63) is 70.9 Å². The van der Waals surface area contributed by atoms with E-state index in [1.54, 1.807) is 12.1 Å². The molecule has 0 atom stereocenters. The van der Waals surface area contributed by atoms with Gasteiger partial charge >= 0.3 is 0 Å². The summed E-state index contributed by atoms with van der Waals surface area (Å²) in [7, 11) is 0. The summed E-state index contributed by atoms with van der Waals surface area (Å²) < 4.78 is 0. The van der Waals surface area contributed by atoms with Gasteiger partial charge in [0.05, 0.1) is 0 Å². The Balaban J connectivity index is 1.60. The van der Waals surface area contributed by atoms with E-state index in [-0.39, 0.29) is 22.0 Å². The number of benzene rings is 2. The standard InChI is InChI=1S/C21H19ClN6O2/c1-21(2,3)13-8-10-14(11-9-13)23-19(29)15-12-18(22)25-26-20(15)30-28-17-7-5-4-6-16(17)24-27-28/h4-12H,1-3H3,(H,23,29). The zero-order valence-electron chi connectivity index (χ0n) is 16.6. The Morgan fingerprint density at radius 3 is 2.50 bits per heavy atom. The molecule has 0 radical (unpaired) electrons. The molecule has 0 aliphatic rings. The Hall–Kier alpha value is -3.52. The van der Waals surface area contributed by atoms with E-state index in [2.05, 4.69) is 46.6 Å². The van der Waals surface area contributed by atoms with Gasteiger partial charge in [-0.05, 0) is 46.5 Å². The van der Waals surface area contributed by atoms with Crippen LogP contribution in [-0.2, 0) is 5.41 Å². The van der Waals surface area contributed by atoms with Crippen molar-refractivity contribution in [3.63, 3.8) is 0 Å². The average molecular weight is 423 g/mol. The number of aromatic nitrogens is 5. The number of hydrogen-bond donors (Lipinski definition) is 1. The number of fused-ring (bicyclic) bond motifs is 1. The highest BCUT2D eigenvalue weighted by atomic mass is 35.5. The maximum atomic E-state index is 12.9. The van der Waals surface area contributed by atoms with Gasteiger partial charge in [-0.15, -0.1) is 15.3 Å². The van der Waals surface area contributed by atoms with Crippen LogP contribution >= 0.6 is 11.6 Å². The topological polar surface area (TPSA) is 94.8 Å². The van der Waals surface area contributed by atoms with E-state index in [1.165, 1.54) is 10.9 Å². The average Bonchev–Trinajstić information content (AvgIpc) is 3.12. The van der Waals surface area contributed by atoms with Crippen LogP contribution in [0.25, 0.3) is 11.0 Å². The fourth-order valence-electron chi connectivity index (χ4n) is 2.84. The molecule has 0 bridgehead atoms. The second-order valence-electron chi connectivity index (χ2n) is 7.71. The highest BCUT2D eigenvalue weighted by Crippen LogP contribution is 2.25. The van der Waals surface area contributed by atoms with E-state index < -0.39 is 5.91 Å². The zero-order chi connectivity index (χ0) is 21.3. The number of halogens is 1. The van der Waals surface area contributed by atoms with Gasteiger partial charge in [-0.2, -0.15) is 0 Å². The molecule has 0 saturated heterocycles. The number of para-hydroxylation sites is 1. The molecule has 2 heterocycles. The molecule has 0 spiro atoms. The minimum absolute atomic E-state index is 0.0205. The first-order valence-corrected chi connectivity index (χ1v) is 9.63. The summed E-state index contributed by atoms with van der Waals surface area (Å²) in [6.07, 6.45) is 0. The van der Waals surface area contributed by atoms with Gasteiger partial charge in [-0.25, -0.2) is 0 Å². The molecule has 0 saturated carbocycles. The molecule has 4 aromatic rings. The van der Waals surface area contributed by atoms with Crippen molar-refractivity contribution in [2.75, 3.05) is 5.32 Å². The molecule has 4 rings (SSSR count). The summed E-state index contributed by atoms with van der Waals surface area (Å²) in [6, 6.07) is 16.3. The van der Waals surface area contributed by atoms with Crippen molar-refractivity contribution in [2.45, 2.75) is 26.2 Å². The van der Waals surface area contributed by atoms with Crippen LogP contribution in [0.3, 0.4) is 0 Å². The van der Waals surface area contributed by atoms with Crippen LogP contribution in [-0.4, -0.2) is 31.3 Å². The first-order chi connectivity index (χ1) is 14.3. The number of carbonyl (C=O) groups excluding carboxylic acids is 1. The number of hydrogen-bond acceptors (Lipinski definition) is 6. The Morgan fingerprint density at radius 2 is 1.77 bits per heavy atom. The Kier molecular flexibility index (Phi) is 5.09. The normalized spacial score (nSPS) is 11.5. The van der Waals surface area contributed by atoms with Gasteiger partial charge < -0.3 is 10.2 Å². The van der Waals surface area contributed by atoms with Crippen LogP contribution in [0.4, 0.5) is 5.69 Å². The number of carbonyl (C=O) groups is 1. The van der Waals surface area contributed by atoms with Gasteiger partial charge in [0.1, 0.15) is 16.6 Å².